The maximum Gasteiger partial charge on any atom is 0.416 e. The number of carbonyl (C=O) groups is 1. The number of halogens is 4. The molecule has 0 bridgehead atoms. The summed E-state index contributed by atoms with van der Waals surface area (Å²) in [6.07, 6.45) is -4.66. The molecule has 0 aliphatic rings. The average Bonchev–Trinajstić information content (AvgIpc) is 2.83. The fourth-order valence-corrected chi connectivity index (χ4v) is 5.47. The van der Waals surface area contributed by atoms with Crippen molar-refractivity contribution in [3.63, 3.8) is 0 Å². The van der Waals surface area contributed by atoms with Gasteiger partial charge >= 0.3 is 6.18 Å². The van der Waals surface area contributed by atoms with E-state index >= 15 is 0 Å². The average molecular weight is 543 g/mol. The summed E-state index contributed by atoms with van der Waals surface area (Å²) in [7, 11) is -4.30. The SMILES string of the molecule is O=C(CN(c1cccc(C(F)(F)F)c1)S(=O)(=O)c1ccccc1)NCCSCc1ccc(Cl)cc1. The molecule has 0 saturated carbocycles. The highest BCUT2D eigenvalue weighted by Crippen LogP contribution is 2.33. The van der Waals surface area contributed by atoms with Crippen LogP contribution in [0.3, 0.4) is 0 Å². The third-order valence-electron chi connectivity index (χ3n) is 4.83. The van der Waals surface area contributed by atoms with Gasteiger partial charge in [0.05, 0.1) is 16.1 Å². The van der Waals surface area contributed by atoms with Gasteiger partial charge in [-0.1, -0.05) is 48.0 Å². The van der Waals surface area contributed by atoms with E-state index in [1.165, 1.54) is 30.3 Å². The van der Waals surface area contributed by atoms with Gasteiger partial charge < -0.3 is 5.32 Å². The van der Waals surface area contributed by atoms with Crippen LogP contribution in [0.1, 0.15) is 11.1 Å². The van der Waals surface area contributed by atoms with Crippen molar-refractivity contribution in [3.05, 3.63) is 95.0 Å². The summed E-state index contributed by atoms with van der Waals surface area (Å²) >= 11 is 7.42. The van der Waals surface area contributed by atoms with E-state index in [4.69, 9.17) is 11.6 Å². The third-order valence-corrected chi connectivity index (χ3v) is 7.90. The molecule has 0 aliphatic carbocycles. The zero-order chi connectivity index (χ0) is 25.5. The van der Waals surface area contributed by atoms with Gasteiger partial charge in [-0.3, -0.25) is 9.10 Å². The molecule has 11 heteroatoms. The lowest BCUT2D eigenvalue weighted by molar-refractivity contribution is -0.137. The fraction of sp³-hybridized carbons (Fsp3) is 0.208. The van der Waals surface area contributed by atoms with Gasteiger partial charge in [0, 0.05) is 23.1 Å². The van der Waals surface area contributed by atoms with Crippen molar-refractivity contribution in [2.24, 2.45) is 0 Å². The zero-order valence-corrected chi connectivity index (χ0v) is 20.7. The van der Waals surface area contributed by atoms with Crippen molar-refractivity contribution in [1.82, 2.24) is 5.32 Å². The quantitative estimate of drug-likeness (QED) is 0.338. The number of alkyl halides is 3. The molecule has 0 radical (unpaired) electrons. The van der Waals surface area contributed by atoms with E-state index in [1.54, 1.807) is 30.0 Å². The van der Waals surface area contributed by atoms with Gasteiger partial charge in [-0.25, -0.2) is 8.42 Å². The van der Waals surface area contributed by atoms with E-state index in [9.17, 15) is 26.4 Å². The summed E-state index contributed by atoms with van der Waals surface area (Å²) < 4.78 is 66.9. The molecule has 0 unspecified atom stereocenters. The standard InChI is InChI=1S/C24H22ClF3N2O3S2/c25-20-11-9-18(10-12-20)17-34-14-13-29-23(31)16-30(35(32,33)22-7-2-1-3-8-22)21-6-4-5-19(15-21)24(26,27)28/h1-12,15H,13-14,16-17H2,(H,29,31). The molecule has 3 aromatic rings. The van der Waals surface area contributed by atoms with Crippen LogP contribution >= 0.6 is 23.4 Å². The Hall–Kier alpha value is -2.69. The monoisotopic (exact) mass is 542 g/mol. The lowest BCUT2D eigenvalue weighted by Gasteiger charge is -2.25. The molecule has 35 heavy (non-hydrogen) atoms. The highest BCUT2D eigenvalue weighted by Gasteiger charge is 2.33. The maximum atomic E-state index is 13.2. The van der Waals surface area contributed by atoms with Gasteiger partial charge in [0.1, 0.15) is 6.54 Å². The molecule has 0 spiro atoms. The summed E-state index contributed by atoms with van der Waals surface area (Å²) in [6.45, 7) is -0.403. The minimum absolute atomic E-state index is 0.135. The fourth-order valence-electron chi connectivity index (χ4n) is 3.09. The topological polar surface area (TPSA) is 66.5 Å². The number of amides is 1. The second-order valence-corrected chi connectivity index (χ2v) is 10.8. The first-order valence-electron chi connectivity index (χ1n) is 10.4. The summed E-state index contributed by atoms with van der Waals surface area (Å²) in [4.78, 5) is 12.5. The molecule has 3 rings (SSSR count). The second-order valence-electron chi connectivity index (χ2n) is 7.40. The summed E-state index contributed by atoms with van der Waals surface area (Å²) in [5, 5.41) is 3.28. The first-order valence-corrected chi connectivity index (χ1v) is 13.4. The van der Waals surface area contributed by atoms with E-state index < -0.39 is 34.2 Å². The molecule has 1 amide bonds. The molecule has 0 fully saturated rings. The Morgan fingerprint density at radius 2 is 1.66 bits per heavy atom. The van der Waals surface area contributed by atoms with Crippen molar-refractivity contribution >= 4 is 45.0 Å². The van der Waals surface area contributed by atoms with Gasteiger partial charge in [0.2, 0.25) is 5.91 Å². The highest BCUT2D eigenvalue weighted by molar-refractivity contribution is 7.98. The van der Waals surface area contributed by atoms with Crippen molar-refractivity contribution in [1.29, 1.82) is 0 Å². The normalized spacial score (nSPS) is 11.8. The number of thioether (sulfide) groups is 1. The number of benzene rings is 3. The van der Waals surface area contributed by atoms with Crippen LogP contribution in [0.5, 0.6) is 0 Å². The second kappa shape index (κ2) is 11.8. The lowest BCUT2D eigenvalue weighted by Crippen LogP contribution is -2.41. The van der Waals surface area contributed by atoms with Gasteiger partial charge in [0.15, 0.2) is 0 Å². The number of hydrogen-bond donors (Lipinski definition) is 1. The first-order chi connectivity index (χ1) is 16.6. The molecule has 1 N–H and O–H groups in total. The Kier molecular flexibility index (Phi) is 9.09. The molecule has 186 valence electrons. The van der Waals surface area contributed by atoms with E-state index in [2.05, 4.69) is 5.32 Å². The van der Waals surface area contributed by atoms with E-state index in [0.29, 0.717) is 20.8 Å². The summed E-state index contributed by atoms with van der Waals surface area (Å²) in [5.41, 5.74) is -0.200. The van der Waals surface area contributed by atoms with Crippen molar-refractivity contribution in [3.8, 4) is 0 Å². The first kappa shape index (κ1) is 26.9. The molecule has 0 saturated heterocycles. The molecular weight excluding hydrogens is 521 g/mol. The minimum Gasteiger partial charge on any atom is -0.354 e. The molecule has 0 aliphatic heterocycles. The predicted molar refractivity (Wildman–Crippen MR) is 133 cm³/mol. The Labute approximate surface area is 211 Å². The third kappa shape index (κ3) is 7.65. The lowest BCUT2D eigenvalue weighted by atomic mass is 10.2. The number of carbonyl (C=O) groups excluding carboxylic acids is 1. The van der Waals surface area contributed by atoms with Crippen LogP contribution in [-0.4, -0.2) is 33.2 Å². The van der Waals surface area contributed by atoms with E-state index in [1.807, 2.05) is 12.1 Å². The molecule has 5 nitrogen and oxygen atoms in total. The van der Waals surface area contributed by atoms with Crippen LogP contribution in [-0.2, 0) is 26.7 Å². The van der Waals surface area contributed by atoms with Gasteiger partial charge in [-0.2, -0.15) is 24.9 Å². The largest absolute Gasteiger partial charge is 0.416 e. The van der Waals surface area contributed by atoms with Crippen molar-refractivity contribution in [2.75, 3.05) is 23.1 Å². The Morgan fingerprint density at radius 3 is 2.31 bits per heavy atom. The number of sulfonamides is 1. The van der Waals surface area contributed by atoms with Crippen molar-refractivity contribution < 1.29 is 26.4 Å². The number of rotatable bonds is 10. The number of nitrogens with zero attached hydrogens (tertiary/aromatic N) is 1. The Bertz CT molecular complexity index is 1240. The van der Waals surface area contributed by atoms with Crippen LogP contribution in [0, 0.1) is 0 Å². The van der Waals surface area contributed by atoms with Crippen molar-refractivity contribution in [2.45, 2.75) is 16.8 Å². The van der Waals surface area contributed by atoms with Crippen LogP contribution in [0.4, 0.5) is 18.9 Å². The number of hydrogen-bond acceptors (Lipinski definition) is 4. The zero-order valence-electron chi connectivity index (χ0n) is 18.3. The summed E-state index contributed by atoms with van der Waals surface area (Å²) in [6, 6.07) is 18.5. The minimum atomic E-state index is -4.66. The highest BCUT2D eigenvalue weighted by atomic mass is 35.5. The van der Waals surface area contributed by atoms with Gasteiger partial charge in [0.25, 0.3) is 10.0 Å². The van der Waals surface area contributed by atoms with Crippen LogP contribution < -0.4 is 9.62 Å². The molecule has 0 aromatic heterocycles. The molecular formula is C24H22ClF3N2O3S2. The Morgan fingerprint density at radius 1 is 0.971 bits per heavy atom. The molecule has 0 atom stereocenters. The number of anilines is 1. The summed E-state index contributed by atoms with van der Waals surface area (Å²) in [5.74, 6) is 0.629. The van der Waals surface area contributed by atoms with E-state index in [0.717, 1.165) is 23.8 Å². The Balaban J connectivity index is 1.70. The van der Waals surface area contributed by atoms with Gasteiger partial charge in [-0.15, -0.1) is 0 Å². The van der Waals surface area contributed by atoms with Crippen LogP contribution in [0.25, 0.3) is 0 Å². The van der Waals surface area contributed by atoms with Crippen LogP contribution in [0.2, 0.25) is 5.02 Å². The van der Waals surface area contributed by atoms with Crippen LogP contribution in [0.15, 0.2) is 83.8 Å². The predicted octanol–water partition coefficient (Wildman–Crippen LogP) is 5.60. The molecule has 3 aromatic carbocycles. The smallest absolute Gasteiger partial charge is 0.354 e. The number of nitrogens with one attached hydrogen (secondary N) is 1. The maximum absolute atomic E-state index is 13.2. The van der Waals surface area contributed by atoms with E-state index in [-0.39, 0.29) is 17.1 Å². The molecule has 0 heterocycles. The van der Waals surface area contributed by atoms with Gasteiger partial charge in [-0.05, 0) is 48.0 Å².